The molecular formula is C82H60BF11O5S. The van der Waals surface area contributed by atoms with Gasteiger partial charge in [0.25, 0.3) is 0 Å². The van der Waals surface area contributed by atoms with Crippen LogP contribution in [-0.2, 0) is 19.4 Å². The highest BCUT2D eigenvalue weighted by Crippen LogP contribution is 2.56. The highest BCUT2D eigenvalue weighted by Gasteiger charge is 2.86. The summed E-state index contributed by atoms with van der Waals surface area (Å²) in [5.74, 6) is -15.7. The summed E-state index contributed by atoms with van der Waals surface area (Å²) in [6, 6.07) is 96.0. The van der Waals surface area contributed by atoms with Gasteiger partial charge in [-0.15, -0.1) is 0 Å². The van der Waals surface area contributed by atoms with Crippen molar-refractivity contribution in [2.75, 3.05) is 0 Å². The van der Waals surface area contributed by atoms with Gasteiger partial charge in [-0.3, -0.25) is 0 Å². The lowest BCUT2D eigenvalue weighted by atomic mass is 9.71. The number of hydrogen-bond acceptors (Lipinski definition) is 5. The van der Waals surface area contributed by atoms with Crippen LogP contribution < -0.4 is 9.65 Å². The topological polar surface area (TPSA) is 61.8 Å². The third-order valence-electron chi connectivity index (χ3n) is 18.3. The largest absolute Gasteiger partial charge is 0.496 e. The molecule has 0 unspecified atom stereocenters. The van der Waals surface area contributed by atoms with E-state index in [2.05, 4.69) is 256 Å². The van der Waals surface area contributed by atoms with E-state index in [0.29, 0.717) is 5.56 Å². The summed E-state index contributed by atoms with van der Waals surface area (Å²) >= 11 is 0. The molecule has 1 aliphatic heterocycles. The molecule has 0 saturated carbocycles. The molecule has 1 fully saturated rings. The second-order valence-electron chi connectivity index (χ2n) is 24.9. The molecule has 0 spiro atoms. The number of alkyl halides is 9. The first kappa shape index (κ1) is 69.5. The molecule has 1 saturated heterocycles. The number of rotatable bonds is 11. The van der Waals surface area contributed by atoms with Crippen LogP contribution in [0.5, 0.6) is 5.75 Å². The van der Waals surface area contributed by atoms with Gasteiger partial charge in [-0.2, -0.15) is 47.9 Å². The Morgan fingerprint density at radius 3 is 1.02 bits per heavy atom. The van der Waals surface area contributed by atoms with E-state index in [9.17, 15) is 47.9 Å². The lowest BCUT2D eigenvalue weighted by molar-refractivity contribution is -0.382. The average Bonchev–Trinajstić information content (AvgIpc) is 0.815. The zero-order chi connectivity index (χ0) is 71.0. The fourth-order valence-corrected chi connectivity index (χ4v) is 13.7. The molecule has 0 bridgehead atoms. The summed E-state index contributed by atoms with van der Waals surface area (Å²) in [7, 11) is -7.47. The summed E-state index contributed by atoms with van der Waals surface area (Å²) in [5, 5.41) is 5.50. The highest BCUT2D eigenvalue weighted by molar-refractivity contribution is 7.88. The Bertz CT molecular complexity index is 5300. The summed E-state index contributed by atoms with van der Waals surface area (Å²) in [5.41, 5.74) is 11.0. The predicted molar refractivity (Wildman–Crippen MR) is 380 cm³/mol. The molecular weight excluding hydrogens is 1320 g/mol. The van der Waals surface area contributed by atoms with Crippen LogP contribution >= 0.6 is 0 Å². The van der Waals surface area contributed by atoms with Gasteiger partial charge in [-0.25, -0.2) is 0 Å². The smallest absolute Gasteiger partial charge is 0.399 e. The van der Waals surface area contributed by atoms with Crippen molar-refractivity contribution in [2.24, 2.45) is 0 Å². The van der Waals surface area contributed by atoms with Crippen LogP contribution in [0.4, 0.5) is 48.7 Å². The predicted octanol–water partition coefficient (Wildman–Crippen LogP) is 23.6. The number of hydrogen-bond donors (Lipinski definition) is 0. The molecule has 0 atom stereocenters. The first-order chi connectivity index (χ1) is 47.8. The molecule has 0 radical (unpaired) electrons. The van der Waals surface area contributed by atoms with E-state index in [4.69, 9.17) is 18.5 Å². The van der Waals surface area contributed by atoms with Crippen LogP contribution in [0, 0.1) is 0 Å². The minimum atomic E-state index is -7.38. The van der Waals surface area contributed by atoms with Gasteiger partial charge >= 0.3 is 40.5 Å². The van der Waals surface area contributed by atoms with Crippen molar-refractivity contribution in [3.63, 3.8) is 0 Å². The fraction of sp³-hybridized carbons (Fsp3) is 0.122. The molecule has 504 valence electrons. The van der Waals surface area contributed by atoms with Crippen LogP contribution in [0.2, 0.25) is 0 Å². The minimum Gasteiger partial charge on any atom is -0.399 e. The maximum Gasteiger partial charge on any atom is 0.496 e. The standard InChI is InChI=1S/C36H24.C26H25BO2.C20H11F9O3S.F2/c1-3-13-25(14-4-1)28-23-27-17-7-8-18-29(27)34(24-28)36-32-21-11-9-19-30(32)35(26-15-5-2-6-16-26)31-20-10-12-22-33(31)36;1-25(2)26(3,4)29-27(28-25)24-21-16-10-8-14-19(21)23(18-12-6-5-7-13-18)20-15-9-11-17-22(20)24;21-17(22,19(25,26)27)18(23,24)20(28,29)33(30,31)32-16-11-14(12-6-2-1-3-7-12)10-13-8-4-5-9-15(13)16;1-2/h1-24H;5-17H,1-4H3;1-11H;. The second-order valence-corrected chi connectivity index (χ2v) is 26.5. The Hall–Kier alpha value is -10.4. The first-order valence-corrected chi connectivity index (χ1v) is 33.0. The van der Waals surface area contributed by atoms with Gasteiger partial charge in [-0.05, 0) is 172 Å². The average molecular weight is 1380 g/mol. The van der Waals surface area contributed by atoms with Gasteiger partial charge in [0.2, 0.25) is 0 Å². The quantitative estimate of drug-likeness (QED) is 0.0559. The molecule has 0 aliphatic carbocycles. The van der Waals surface area contributed by atoms with Crippen LogP contribution in [0.15, 0.2) is 291 Å². The van der Waals surface area contributed by atoms with E-state index in [0.717, 1.165) is 17.6 Å². The molecule has 1 heterocycles. The number of fused-ring (bicyclic) bond motifs is 6. The van der Waals surface area contributed by atoms with E-state index in [1.54, 1.807) is 18.2 Å². The Morgan fingerprint density at radius 2 is 0.630 bits per heavy atom. The van der Waals surface area contributed by atoms with E-state index >= 15 is 0 Å². The summed E-state index contributed by atoms with van der Waals surface area (Å²) in [6.07, 6.45) is -7.17. The monoisotopic (exact) mass is 1380 g/mol. The van der Waals surface area contributed by atoms with Crippen molar-refractivity contribution in [3.05, 3.63) is 291 Å². The third-order valence-corrected chi connectivity index (χ3v) is 19.6. The number of benzene rings is 14. The maximum absolute atomic E-state index is 14.1. The van der Waals surface area contributed by atoms with E-state index in [1.165, 1.54) is 135 Å². The summed E-state index contributed by atoms with van der Waals surface area (Å²) in [6.45, 7) is 8.43. The molecule has 0 aromatic heterocycles. The van der Waals surface area contributed by atoms with E-state index in [1.807, 2.05) is 0 Å². The van der Waals surface area contributed by atoms with Crippen LogP contribution in [0.3, 0.4) is 0 Å². The minimum absolute atomic E-state index is 0.162. The van der Waals surface area contributed by atoms with Crippen molar-refractivity contribution in [1.82, 2.24) is 0 Å². The second kappa shape index (κ2) is 27.4. The van der Waals surface area contributed by atoms with Crippen molar-refractivity contribution in [3.8, 4) is 61.4 Å². The first-order valence-electron chi connectivity index (χ1n) is 31.6. The van der Waals surface area contributed by atoms with Gasteiger partial charge in [0, 0.05) is 14.5 Å². The Morgan fingerprint density at radius 1 is 0.330 bits per heavy atom. The van der Waals surface area contributed by atoms with Crippen molar-refractivity contribution in [1.29, 1.82) is 0 Å². The zero-order valence-corrected chi connectivity index (χ0v) is 54.7. The zero-order valence-electron chi connectivity index (χ0n) is 53.9. The molecule has 14 aromatic rings. The molecule has 1 aliphatic rings. The lowest BCUT2D eigenvalue weighted by Gasteiger charge is -2.32. The van der Waals surface area contributed by atoms with Crippen LogP contribution in [-0.4, -0.2) is 50.0 Å². The van der Waals surface area contributed by atoms with Crippen molar-refractivity contribution in [2.45, 2.75) is 62.2 Å². The van der Waals surface area contributed by atoms with Crippen LogP contribution in [0.1, 0.15) is 27.7 Å². The fourth-order valence-electron chi connectivity index (χ4n) is 12.8. The Labute approximate surface area is 569 Å². The van der Waals surface area contributed by atoms with E-state index < -0.39 is 46.3 Å². The molecule has 15 rings (SSSR count). The molecule has 14 aromatic carbocycles. The molecule has 5 nitrogen and oxygen atoms in total. The maximum atomic E-state index is 14.1. The molecule has 0 amide bonds. The van der Waals surface area contributed by atoms with E-state index in [-0.39, 0.29) is 27.5 Å². The number of halogens is 11. The highest BCUT2D eigenvalue weighted by atomic mass is 32.2. The van der Waals surface area contributed by atoms with Crippen LogP contribution in [0.25, 0.3) is 120 Å². The Balaban J connectivity index is 0.000000141. The SMILES string of the molecule is CC1(C)OB(c2c3ccccc3c(-c3ccccc3)c3ccccc23)OC1(C)C.FF.O=S(=O)(Oc1cc(-c2ccccc2)cc2ccccc12)C(F)(F)C(F)(F)C(F)(F)C(F)(F)F.c1ccc(-c2cc(-c3c4ccccc4c(-c4ccccc4)c4ccccc34)c3ccccc3c2)cc1. The normalized spacial score (nSPS) is 13.9. The van der Waals surface area contributed by atoms with Crippen molar-refractivity contribution >= 4 is 87.3 Å². The third kappa shape index (κ3) is 12.7. The van der Waals surface area contributed by atoms with Gasteiger partial charge in [0.1, 0.15) is 0 Å². The lowest BCUT2D eigenvalue weighted by Crippen LogP contribution is -2.63. The molecule has 100 heavy (non-hydrogen) atoms. The summed E-state index contributed by atoms with van der Waals surface area (Å²) < 4.78 is 176. The molecule has 0 N–H and O–H groups in total. The van der Waals surface area contributed by atoms with Crippen molar-refractivity contribution < 1.29 is 70.6 Å². The van der Waals surface area contributed by atoms with Gasteiger partial charge in [0.05, 0.1) is 11.2 Å². The molecule has 18 heteroatoms. The van der Waals surface area contributed by atoms with Gasteiger partial charge < -0.3 is 13.5 Å². The Kier molecular flexibility index (Phi) is 19.0. The van der Waals surface area contributed by atoms with Gasteiger partial charge in [-0.1, -0.05) is 267 Å². The van der Waals surface area contributed by atoms with Gasteiger partial charge in [0.15, 0.2) is 5.75 Å². The summed E-state index contributed by atoms with van der Waals surface area (Å²) in [4.78, 5) is 0.